The molecule has 1 aliphatic rings. The molecule has 0 aromatic heterocycles. The van der Waals surface area contributed by atoms with Gasteiger partial charge in [0.15, 0.2) is 5.78 Å². The van der Waals surface area contributed by atoms with Gasteiger partial charge in [-0.25, -0.2) is 8.78 Å². The Morgan fingerprint density at radius 1 is 1.10 bits per heavy atom. The van der Waals surface area contributed by atoms with Crippen LogP contribution in [-0.4, -0.2) is 30.3 Å². The second-order valence-electron chi connectivity index (χ2n) is 5.96. The monoisotopic (exact) mass is 295 g/mol. The highest BCUT2D eigenvalue weighted by molar-refractivity contribution is 5.96. The quantitative estimate of drug-likeness (QED) is 0.599. The number of benzene rings is 1. The average Bonchev–Trinajstić information content (AvgIpc) is 2.72. The summed E-state index contributed by atoms with van der Waals surface area (Å²) in [6.07, 6.45) is 7.75. The third kappa shape index (κ3) is 4.88. The molecule has 1 aliphatic carbocycles. The van der Waals surface area contributed by atoms with Crippen molar-refractivity contribution in [3.05, 3.63) is 35.4 Å². The van der Waals surface area contributed by atoms with Crippen molar-refractivity contribution < 1.29 is 13.6 Å². The molecular formula is C17H23F2NO. The van der Waals surface area contributed by atoms with E-state index in [-0.39, 0.29) is 11.3 Å². The van der Waals surface area contributed by atoms with Crippen molar-refractivity contribution in [2.75, 3.05) is 13.6 Å². The molecule has 0 spiro atoms. The molecule has 21 heavy (non-hydrogen) atoms. The third-order valence-electron chi connectivity index (χ3n) is 4.32. The van der Waals surface area contributed by atoms with Crippen LogP contribution in [0.3, 0.4) is 0 Å². The highest BCUT2D eigenvalue weighted by atomic mass is 19.1. The van der Waals surface area contributed by atoms with E-state index >= 15 is 0 Å². The zero-order valence-corrected chi connectivity index (χ0v) is 12.6. The summed E-state index contributed by atoms with van der Waals surface area (Å²) in [4.78, 5) is 14.3. The van der Waals surface area contributed by atoms with E-state index in [1.807, 2.05) is 7.05 Å². The van der Waals surface area contributed by atoms with Crippen LogP contribution in [0, 0.1) is 11.6 Å². The van der Waals surface area contributed by atoms with Gasteiger partial charge in [-0.15, -0.1) is 0 Å². The topological polar surface area (TPSA) is 20.3 Å². The number of Topliss-reactive ketones (excluding diaryl/α,β-unsaturated/α-hetero) is 1. The molecule has 0 saturated heterocycles. The van der Waals surface area contributed by atoms with Gasteiger partial charge in [0, 0.05) is 30.6 Å². The van der Waals surface area contributed by atoms with Crippen LogP contribution >= 0.6 is 0 Å². The first kappa shape index (κ1) is 16.1. The van der Waals surface area contributed by atoms with Gasteiger partial charge >= 0.3 is 0 Å². The molecule has 2 nitrogen and oxygen atoms in total. The molecule has 0 aliphatic heterocycles. The van der Waals surface area contributed by atoms with Crippen molar-refractivity contribution in [2.45, 2.75) is 51.0 Å². The Morgan fingerprint density at radius 2 is 1.67 bits per heavy atom. The summed E-state index contributed by atoms with van der Waals surface area (Å²) < 4.78 is 26.2. The van der Waals surface area contributed by atoms with Crippen molar-refractivity contribution in [3.8, 4) is 0 Å². The fourth-order valence-electron chi connectivity index (χ4n) is 3.02. The molecule has 4 heteroatoms. The lowest BCUT2D eigenvalue weighted by atomic mass is 10.1. The molecule has 116 valence electrons. The molecular weight excluding hydrogens is 272 g/mol. The van der Waals surface area contributed by atoms with Crippen molar-refractivity contribution >= 4 is 5.78 Å². The predicted octanol–water partition coefficient (Wildman–Crippen LogP) is 4.19. The zero-order chi connectivity index (χ0) is 15.2. The van der Waals surface area contributed by atoms with E-state index in [1.165, 1.54) is 38.5 Å². The SMILES string of the molecule is CN(CCC(=O)c1cc(F)cc(F)c1)C1CCCCCC1. The largest absolute Gasteiger partial charge is 0.303 e. The number of halogens is 2. The second kappa shape index (κ2) is 7.64. The predicted molar refractivity (Wildman–Crippen MR) is 79.4 cm³/mol. The molecule has 0 radical (unpaired) electrons. The summed E-state index contributed by atoms with van der Waals surface area (Å²) in [5.74, 6) is -1.60. The molecule has 1 fully saturated rings. The van der Waals surface area contributed by atoms with Crippen LogP contribution in [0.1, 0.15) is 55.3 Å². The molecule has 0 atom stereocenters. The van der Waals surface area contributed by atoms with Gasteiger partial charge in [-0.05, 0) is 32.0 Å². The maximum atomic E-state index is 13.1. The molecule has 0 unspecified atom stereocenters. The Bertz CT molecular complexity index is 461. The Balaban J connectivity index is 1.87. The van der Waals surface area contributed by atoms with E-state index in [0.29, 0.717) is 19.0 Å². The van der Waals surface area contributed by atoms with Crippen LogP contribution in [0.15, 0.2) is 18.2 Å². The van der Waals surface area contributed by atoms with Gasteiger partial charge < -0.3 is 4.90 Å². The smallest absolute Gasteiger partial charge is 0.164 e. The Morgan fingerprint density at radius 3 is 2.24 bits per heavy atom. The van der Waals surface area contributed by atoms with Gasteiger partial charge in [-0.3, -0.25) is 4.79 Å². The van der Waals surface area contributed by atoms with Crippen molar-refractivity contribution in [3.63, 3.8) is 0 Å². The first-order valence-electron chi connectivity index (χ1n) is 7.76. The Kier molecular flexibility index (Phi) is 5.85. The van der Waals surface area contributed by atoms with Crippen LogP contribution in [0.25, 0.3) is 0 Å². The Hall–Kier alpha value is -1.29. The first-order valence-corrected chi connectivity index (χ1v) is 7.76. The van der Waals surface area contributed by atoms with E-state index in [1.54, 1.807) is 0 Å². The molecule has 1 saturated carbocycles. The summed E-state index contributed by atoms with van der Waals surface area (Å²) >= 11 is 0. The summed E-state index contributed by atoms with van der Waals surface area (Å²) in [5, 5.41) is 0. The molecule has 2 rings (SSSR count). The van der Waals surface area contributed by atoms with E-state index in [4.69, 9.17) is 0 Å². The van der Waals surface area contributed by atoms with E-state index < -0.39 is 11.6 Å². The van der Waals surface area contributed by atoms with Crippen molar-refractivity contribution in [2.24, 2.45) is 0 Å². The maximum Gasteiger partial charge on any atom is 0.164 e. The van der Waals surface area contributed by atoms with Gasteiger partial charge in [-0.1, -0.05) is 25.7 Å². The summed E-state index contributed by atoms with van der Waals surface area (Å²) in [5.41, 5.74) is 0.127. The fraction of sp³-hybridized carbons (Fsp3) is 0.588. The number of nitrogens with zero attached hydrogens (tertiary/aromatic N) is 1. The number of hydrogen-bond acceptors (Lipinski definition) is 2. The number of ketones is 1. The molecule has 0 bridgehead atoms. The normalized spacial score (nSPS) is 17.0. The van der Waals surface area contributed by atoms with Crippen LogP contribution < -0.4 is 0 Å². The summed E-state index contributed by atoms with van der Waals surface area (Å²) in [7, 11) is 2.04. The van der Waals surface area contributed by atoms with Gasteiger partial charge in [0.1, 0.15) is 11.6 Å². The number of carbonyl (C=O) groups is 1. The minimum atomic E-state index is -0.699. The number of carbonyl (C=O) groups excluding carboxylic acids is 1. The van der Waals surface area contributed by atoms with Gasteiger partial charge in [0.25, 0.3) is 0 Å². The molecule has 1 aromatic rings. The van der Waals surface area contributed by atoms with Crippen molar-refractivity contribution in [1.82, 2.24) is 4.90 Å². The minimum Gasteiger partial charge on any atom is -0.303 e. The number of rotatable bonds is 5. The fourth-order valence-corrected chi connectivity index (χ4v) is 3.02. The van der Waals surface area contributed by atoms with Gasteiger partial charge in [-0.2, -0.15) is 0 Å². The van der Waals surface area contributed by atoms with E-state index in [9.17, 15) is 13.6 Å². The van der Waals surface area contributed by atoms with Crippen LogP contribution in [0.4, 0.5) is 8.78 Å². The summed E-state index contributed by atoms with van der Waals surface area (Å²) in [6, 6.07) is 3.53. The van der Waals surface area contributed by atoms with Crippen LogP contribution in [0.2, 0.25) is 0 Å². The lowest BCUT2D eigenvalue weighted by Gasteiger charge is -2.26. The van der Waals surface area contributed by atoms with E-state index in [0.717, 1.165) is 18.2 Å². The van der Waals surface area contributed by atoms with Gasteiger partial charge in [0.05, 0.1) is 0 Å². The highest BCUT2D eigenvalue weighted by Gasteiger charge is 2.18. The molecule has 0 amide bonds. The lowest BCUT2D eigenvalue weighted by molar-refractivity contribution is 0.0956. The van der Waals surface area contributed by atoms with E-state index in [2.05, 4.69) is 4.90 Å². The average molecular weight is 295 g/mol. The highest BCUT2D eigenvalue weighted by Crippen LogP contribution is 2.21. The second-order valence-corrected chi connectivity index (χ2v) is 5.96. The molecule has 0 heterocycles. The summed E-state index contributed by atoms with van der Waals surface area (Å²) in [6.45, 7) is 0.641. The lowest BCUT2D eigenvalue weighted by Crippen LogP contribution is -2.33. The maximum absolute atomic E-state index is 13.1. The minimum absolute atomic E-state index is 0.127. The first-order chi connectivity index (χ1) is 10.1. The standard InChI is InChI=1S/C17H23F2NO/c1-20(16-6-4-2-3-5-7-16)9-8-17(21)13-10-14(18)12-15(19)11-13/h10-12,16H,2-9H2,1H3. The van der Waals surface area contributed by atoms with Crippen molar-refractivity contribution in [1.29, 1.82) is 0 Å². The Labute approximate surface area is 125 Å². The number of hydrogen-bond donors (Lipinski definition) is 0. The van der Waals surface area contributed by atoms with Gasteiger partial charge in [0.2, 0.25) is 0 Å². The molecule has 0 N–H and O–H groups in total. The molecule has 1 aromatic carbocycles. The van der Waals surface area contributed by atoms with Crippen LogP contribution in [0.5, 0.6) is 0 Å². The third-order valence-corrected chi connectivity index (χ3v) is 4.32. The zero-order valence-electron chi connectivity index (χ0n) is 12.6. The van der Waals surface area contributed by atoms with Crippen LogP contribution in [-0.2, 0) is 0 Å².